The van der Waals surface area contributed by atoms with Gasteiger partial charge in [-0.05, 0) is 81.8 Å². The number of hydrogen-bond acceptors (Lipinski definition) is 6. The van der Waals surface area contributed by atoms with Crippen molar-refractivity contribution < 1.29 is 73.2 Å². The van der Waals surface area contributed by atoms with Crippen LogP contribution in [-0.4, -0.2) is 26.0 Å². The minimum absolute atomic E-state index is 0. The molecule has 0 unspecified atom stereocenters. The maximum Gasteiger partial charge on any atom is 1.00 e. The fourth-order valence-corrected chi connectivity index (χ4v) is 2.44. The monoisotopic (exact) mass is 507 g/mol. The molecule has 6 nitrogen and oxygen atoms in total. The maximum absolute atomic E-state index is 10.3. The first-order valence-corrected chi connectivity index (χ1v) is 10.2. The number of hydrogen-bond donors (Lipinski definition) is 1. The average Bonchev–Trinajstić information content (AvgIpc) is 2.75. The molecule has 3 rings (SSSR count). The molecule has 0 saturated heterocycles. The van der Waals surface area contributed by atoms with Gasteiger partial charge >= 0.3 is 58.2 Å². The first kappa shape index (κ1) is 30.7. The smallest absolute Gasteiger partial charge is 0.545 e. The van der Waals surface area contributed by atoms with Gasteiger partial charge < -0.3 is 15.0 Å². The van der Waals surface area contributed by atoms with Crippen molar-refractivity contribution in [2.24, 2.45) is 0 Å². The molecule has 0 fully saturated rings. The Morgan fingerprint density at radius 3 is 1.56 bits per heavy atom. The van der Waals surface area contributed by atoms with Gasteiger partial charge in [-0.25, -0.2) is 0 Å². The van der Waals surface area contributed by atoms with Crippen LogP contribution in [-0.2, 0) is 13.0 Å². The number of aromatic carboxylic acids is 1. The second-order valence-corrected chi connectivity index (χ2v) is 7.42. The van der Waals surface area contributed by atoms with Gasteiger partial charge in [0.15, 0.2) is 0 Å². The van der Waals surface area contributed by atoms with E-state index in [1.807, 2.05) is 46.9 Å². The molecule has 0 saturated carbocycles. The normalized spacial score (nSPS) is 9.50. The number of aliphatic hydroxyl groups excluding tert-OH is 1. The Morgan fingerprint density at radius 2 is 1.19 bits per heavy atom. The molecule has 0 radical (unpaired) electrons. The van der Waals surface area contributed by atoms with Crippen molar-refractivity contribution in [1.29, 1.82) is 0 Å². The van der Waals surface area contributed by atoms with Crippen LogP contribution in [0.1, 0.15) is 62.2 Å². The number of aromatic nitrogens is 3. The van der Waals surface area contributed by atoms with Gasteiger partial charge in [0.2, 0.25) is 0 Å². The zero-order chi connectivity index (χ0) is 23.6. The largest absolute Gasteiger partial charge is 1.00 e. The van der Waals surface area contributed by atoms with Crippen LogP contribution < -0.4 is 63.3 Å². The Bertz CT molecular complexity index is 972. The van der Waals surface area contributed by atoms with E-state index < -0.39 is 5.97 Å². The van der Waals surface area contributed by atoms with Gasteiger partial charge in [0.05, 0.1) is 12.6 Å². The molecule has 0 bridgehead atoms. The molecule has 0 aliphatic heterocycles. The molecule has 0 aliphatic carbocycles. The van der Waals surface area contributed by atoms with E-state index in [9.17, 15) is 9.90 Å². The fraction of sp³-hybridized carbons (Fsp3) is 0.360. The quantitative estimate of drug-likeness (QED) is 0.555. The van der Waals surface area contributed by atoms with E-state index >= 15 is 0 Å². The Balaban J connectivity index is 0.000000444. The van der Waals surface area contributed by atoms with Gasteiger partial charge in [0.25, 0.3) is 0 Å². The summed E-state index contributed by atoms with van der Waals surface area (Å²) in [5, 5.41) is 19.0. The molecule has 1 N–H and O–H groups in total. The summed E-state index contributed by atoms with van der Waals surface area (Å²) < 4.78 is 0. The van der Waals surface area contributed by atoms with Gasteiger partial charge in [-0.1, -0.05) is 19.1 Å². The van der Waals surface area contributed by atoms with Crippen LogP contribution in [0.2, 0.25) is 0 Å². The number of carboxylic acid groups (broad SMARTS) is 1. The molecule has 3 aromatic rings. The SMILES string of the molecule is CCc1cnc(C)c(C)c1.Cc1cc(C(=O)[O-])cnc1C.Cc1cc(CO)cnc1C.[Rb+]. The molecule has 3 aromatic heterocycles. The number of rotatable bonds is 3. The summed E-state index contributed by atoms with van der Waals surface area (Å²) >= 11 is 0. The second kappa shape index (κ2) is 15.5. The maximum atomic E-state index is 10.3. The first-order chi connectivity index (χ1) is 14.6. The predicted molar refractivity (Wildman–Crippen MR) is 121 cm³/mol. The summed E-state index contributed by atoms with van der Waals surface area (Å²) in [5.41, 5.74) is 8.63. The number of aryl methyl sites for hydroxylation is 7. The molecule has 166 valence electrons. The molecule has 0 spiro atoms. The van der Waals surface area contributed by atoms with E-state index in [4.69, 9.17) is 5.11 Å². The molecule has 3 heterocycles. The van der Waals surface area contributed by atoms with E-state index in [0.29, 0.717) is 0 Å². The van der Waals surface area contributed by atoms with Crippen molar-refractivity contribution in [2.45, 2.75) is 61.5 Å². The van der Waals surface area contributed by atoms with Gasteiger partial charge in [-0.3, -0.25) is 15.0 Å². The van der Waals surface area contributed by atoms with Crippen molar-refractivity contribution in [1.82, 2.24) is 15.0 Å². The van der Waals surface area contributed by atoms with Crippen LogP contribution in [0.4, 0.5) is 0 Å². The van der Waals surface area contributed by atoms with Crippen molar-refractivity contribution in [3.05, 3.63) is 87.3 Å². The van der Waals surface area contributed by atoms with Gasteiger partial charge in [0, 0.05) is 41.2 Å². The van der Waals surface area contributed by atoms with Crippen molar-refractivity contribution in [3.8, 4) is 0 Å². The number of aliphatic hydroxyl groups is 1. The summed E-state index contributed by atoms with van der Waals surface area (Å²) in [5.74, 6) is -1.18. The summed E-state index contributed by atoms with van der Waals surface area (Å²) in [6.07, 6.45) is 6.02. The van der Waals surface area contributed by atoms with Crippen LogP contribution in [0, 0.1) is 41.5 Å². The third kappa shape index (κ3) is 10.5. The third-order valence-corrected chi connectivity index (χ3v) is 4.96. The molecule has 0 amide bonds. The molecular weight excluding hydrogens is 476 g/mol. The summed E-state index contributed by atoms with van der Waals surface area (Å²) in [6, 6.07) is 5.70. The van der Waals surface area contributed by atoms with Gasteiger partial charge in [0.1, 0.15) is 0 Å². The Morgan fingerprint density at radius 1 is 0.781 bits per heavy atom. The summed E-state index contributed by atoms with van der Waals surface area (Å²) in [6.45, 7) is 13.9. The summed E-state index contributed by atoms with van der Waals surface area (Å²) in [4.78, 5) is 22.5. The van der Waals surface area contributed by atoms with E-state index in [1.165, 1.54) is 17.3 Å². The fourth-order valence-electron chi connectivity index (χ4n) is 2.44. The molecular formula is C25H32N3O3Rb. The molecule has 7 heteroatoms. The number of carbonyl (C=O) groups is 1. The Labute approximate surface area is 240 Å². The third-order valence-electron chi connectivity index (χ3n) is 4.96. The minimum Gasteiger partial charge on any atom is -0.545 e. The molecule has 0 atom stereocenters. The van der Waals surface area contributed by atoms with Gasteiger partial charge in [-0.2, -0.15) is 0 Å². The van der Waals surface area contributed by atoms with Crippen molar-refractivity contribution in [3.63, 3.8) is 0 Å². The Hall–Kier alpha value is -1.31. The van der Waals surface area contributed by atoms with Gasteiger partial charge in [-0.15, -0.1) is 0 Å². The Kier molecular flexibility index (Phi) is 14.9. The van der Waals surface area contributed by atoms with E-state index in [0.717, 1.165) is 40.2 Å². The number of nitrogens with zero attached hydrogens (tertiary/aromatic N) is 3. The zero-order valence-electron chi connectivity index (χ0n) is 20.5. The zero-order valence-corrected chi connectivity index (χ0v) is 25.4. The van der Waals surface area contributed by atoms with E-state index in [2.05, 4.69) is 34.9 Å². The number of carbonyl (C=O) groups excluding carboxylic acids is 1. The topological polar surface area (TPSA) is 99.0 Å². The minimum atomic E-state index is -1.18. The molecule has 0 aliphatic rings. The predicted octanol–water partition coefficient (Wildman–Crippen LogP) is 0.518. The number of carboxylic acids is 1. The second-order valence-electron chi connectivity index (χ2n) is 7.42. The van der Waals surface area contributed by atoms with Crippen LogP contribution in [0.25, 0.3) is 0 Å². The van der Waals surface area contributed by atoms with Crippen LogP contribution in [0.15, 0.2) is 36.8 Å². The van der Waals surface area contributed by atoms with Crippen molar-refractivity contribution >= 4 is 5.97 Å². The van der Waals surface area contributed by atoms with Crippen LogP contribution in [0.3, 0.4) is 0 Å². The van der Waals surface area contributed by atoms with Crippen LogP contribution >= 0.6 is 0 Å². The van der Waals surface area contributed by atoms with Crippen molar-refractivity contribution in [2.75, 3.05) is 0 Å². The van der Waals surface area contributed by atoms with E-state index in [-0.39, 0.29) is 70.4 Å². The average molecular weight is 508 g/mol. The van der Waals surface area contributed by atoms with Crippen LogP contribution in [0.5, 0.6) is 0 Å². The number of pyridine rings is 3. The molecule has 32 heavy (non-hydrogen) atoms. The molecule has 0 aromatic carbocycles. The summed E-state index contributed by atoms with van der Waals surface area (Å²) in [7, 11) is 0. The first-order valence-electron chi connectivity index (χ1n) is 10.2. The van der Waals surface area contributed by atoms with E-state index in [1.54, 1.807) is 12.3 Å². The standard InChI is InChI=1S/C9H13N.C8H9NO2.C8H11NO.Rb/c1-4-9-5-7(2)8(3)10-6-9;1-5-3-7(8(10)11)4-9-6(5)2;1-6-3-8(5-10)4-9-7(6)2;/h5-6H,4H2,1-3H3;3-4H,1-2H3,(H,10,11);3-4,10H,5H2,1-2H3;/q;;;+1/p-1.